The second-order valence-electron chi connectivity index (χ2n) is 4.16. The summed E-state index contributed by atoms with van der Waals surface area (Å²) in [5.41, 5.74) is 0. The van der Waals surface area contributed by atoms with Crippen molar-refractivity contribution in [1.29, 1.82) is 0 Å². The van der Waals surface area contributed by atoms with Gasteiger partial charge in [0.2, 0.25) is 0 Å². The second kappa shape index (κ2) is 3.43. The van der Waals surface area contributed by atoms with Crippen LogP contribution in [0.3, 0.4) is 0 Å². The minimum absolute atomic E-state index is 0.251. The van der Waals surface area contributed by atoms with E-state index in [-0.39, 0.29) is 6.10 Å². The van der Waals surface area contributed by atoms with Crippen LogP contribution in [0.5, 0.6) is 0 Å². The van der Waals surface area contributed by atoms with Crippen LogP contribution < -0.4 is 0 Å². The van der Waals surface area contributed by atoms with Crippen molar-refractivity contribution in [3.8, 4) is 0 Å². The average molecular weight is 184 g/mol. The Labute approximate surface area is 79.2 Å². The van der Waals surface area contributed by atoms with Crippen LogP contribution in [0.2, 0.25) is 0 Å². The summed E-state index contributed by atoms with van der Waals surface area (Å²) in [5.74, 6) is 1.29. The minimum Gasteiger partial charge on any atom is -0.388 e. The van der Waals surface area contributed by atoms with Crippen molar-refractivity contribution in [2.24, 2.45) is 11.8 Å². The first kappa shape index (κ1) is 8.64. The smallest absolute Gasteiger partial charge is 0.0882 e. The molecule has 0 spiro atoms. The van der Waals surface area contributed by atoms with Gasteiger partial charge in [-0.05, 0) is 31.1 Å². The highest BCUT2D eigenvalue weighted by Gasteiger charge is 2.36. The SMILES string of the molecule is OC1C(=S)CCC2CCCCC21. The maximum atomic E-state index is 9.83. The summed E-state index contributed by atoms with van der Waals surface area (Å²) in [6, 6.07) is 0. The van der Waals surface area contributed by atoms with Gasteiger partial charge in [-0.25, -0.2) is 0 Å². The fraction of sp³-hybridized carbons (Fsp3) is 0.900. The summed E-state index contributed by atoms with van der Waals surface area (Å²) in [4.78, 5) is 0.915. The first-order valence-electron chi connectivity index (χ1n) is 5.00. The van der Waals surface area contributed by atoms with Crippen molar-refractivity contribution in [2.75, 3.05) is 0 Å². The molecular weight excluding hydrogens is 168 g/mol. The molecule has 0 bridgehead atoms. The van der Waals surface area contributed by atoms with Crippen LogP contribution in [0.4, 0.5) is 0 Å². The van der Waals surface area contributed by atoms with Crippen LogP contribution in [0.25, 0.3) is 0 Å². The van der Waals surface area contributed by atoms with Crippen molar-refractivity contribution in [1.82, 2.24) is 0 Å². The molecule has 68 valence electrons. The number of rotatable bonds is 0. The molecule has 2 heteroatoms. The van der Waals surface area contributed by atoms with Crippen LogP contribution >= 0.6 is 12.2 Å². The number of thiocarbonyl (C=S) groups is 1. The third-order valence-electron chi connectivity index (χ3n) is 3.46. The van der Waals surface area contributed by atoms with Gasteiger partial charge in [-0.15, -0.1) is 0 Å². The standard InChI is InChI=1S/C10H16OS/c11-10-8-4-2-1-3-7(8)5-6-9(10)12/h7-8,10-11H,1-6H2. The van der Waals surface area contributed by atoms with E-state index in [1.165, 1.54) is 32.1 Å². The van der Waals surface area contributed by atoms with Gasteiger partial charge in [-0.2, -0.15) is 0 Å². The zero-order valence-electron chi connectivity index (χ0n) is 7.33. The summed E-state index contributed by atoms with van der Waals surface area (Å²) >= 11 is 5.15. The Morgan fingerprint density at radius 3 is 2.75 bits per heavy atom. The largest absolute Gasteiger partial charge is 0.388 e. The first-order valence-corrected chi connectivity index (χ1v) is 5.40. The first-order chi connectivity index (χ1) is 5.79. The Morgan fingerprint density at radius 2 is 1.92 bits per heavy atom. The van der Waals surface area contributed by atoms with Crippen molar-refractivity contribution in [2.45, 2.75) is 44.6 Å². The van der Waals surface area contributed by atoms with Crippen LogP contribution in [-0.2, 0) is 0 Å². The van der Waals surface area contributed by atoms with Crippen LogP contribution in [0, 0.1) is 11.8 Å². The van der Waals surface area contributed by atoms with Gasteiger partial charge >= 0.3 is 0 Å². The van der Waals surface area contributed by atoms with E-state index in [0.717, 1.165) is 17.2 Å². The Hall–Kier alpha value is 0.0500. The molecular formula is C10H16OS. The summed E-state index contributed by atoms with van der Waals surface area (Å²) in [7, 11) is 0. The molecule has 0 aliphatic heterocycles. The van der Waals surface area contributed by atoms with E-state index in [0.29, 0.717) is 5.92 Å². The molecule has 0 aromatic rings. The van der Waals surface area contributed by atoms with Gasteiger partial charge in [0.15, 0.2) is 0 Å². The lowest BCUT2D eigenvalue weighted by molar-refractivity contribution is 0.0779. The molecule has 0 aromatic heterocycles. The third-order valence-corrected chi connectivity index (χ3v) is 3.91. The minimum atomic E-state index is -0.251. The topological polar surface area (TPSA) is 20.2 Å². The molecule has 1 nitrogen and oxygen atoms in total. The van der Waals surface area contributed by atoms with Gasteiger partial charge < -0.3 is 5.11 Å². The third kappa shape index (κ3) is 1.42. The van der Waals surface area contributed by atoms with E-state index in [4.69, 9.17) is 12.2 Å². The molecule has 0 heterocycles. The lowest BCUT2D eigenvalue weighted by Gasteiger charge is -2.39. The maximum absolute atomic E-state index is 9.83. The Kier molecular flexibility index (Phi) is 2.47. The number of fused-ring (bicyclic) bond motifs is 1. The highest BCUT2D eigenvalue weighted by Crippen LogP contribution is 2.39. The number of aliphatic hydroxyl groups excluding tert-OH is 1. The molecule has 0 aromatic carbocycles. The average Bonchev–Trinajstić information content (AvgIpc) is 2.12. The number of aliphatic hydroxyl groups is 1. The van der Waals surface area contributed by atoms with Gasteiger partial charge in [-0.1, -0.05) is 31.5 Å². The fourth-order valence-electron chi connectivity index (χ4n) is 2.72. The van der Waals surface area contributed by atoms with Crippen molar-refractivity contribution in [3.05, 3.63) is 0 Å². The van der Waals surface area contributed by atoms with Gasteiger partial charge in [0, 0.05) is 4.86 Å². The molecule has 3 atom stereocenters. The second-order valence-corrected chi connectivity index (χ2v) is 4.68. The summed E-state index contributed by atoms with van der Waals surface area (Å²) in [5, 5.41) is 9.83. The molecule has 0 radical (unpaired) electrons. The molecule has 3 unspecified atom stereocenters. The van der Waals surface area contributed by atoms with Crippen LogP contribution in [0.1, 0.15) is 38.5 Å². The monoisotopic (exact) mass is 184 g/mol. The lowest BCUT2D eigenvalue weighted by Crippen LogP contribution is -2.40. The molecule has 2 saturated carbocycles. The van der Waals surface area contributed by atoms with E-state index in [1.807, 2.05) is 0 Å². The molecule has 1 N–H and O–H groups in total. The fourth-order valence-corrected chi connectivity index (χ4v) is 3.02. The van der Waals surface area contributed by atoms with Crippen molar-refractivity contribution < 1.29 is 5.11 Å². The van der Waals surface area contributed by atoms with Gasteiger partial charge in [0.05, 0.1) is 6.10 Å². The van der Waals surface area contributed by atoms with Gasteiger partial charge in [-0.3, -0.25) is 0 Å². The van der Waals surface area contributed by atoms with E-state index >= 15 is 0 Å². The molecule has 0 amide bonds. The van der Waals surface area contributed by atoms with Gasteiger partial charge in [0.1, 0.15) is 0 Å². The van der Waals surface area contributed by atoms with E-state index < -0.39 is 0 Å². The lowest BCUT2D eigenvalue weighted by atomic mass is 9.69. The Bertz CT molecular complexity index is 190. The highest BCUT2D eigenvalue weighted by molar-refractivity contribution is 7.80. The molecule has 2 rings (SSSR count). The molecule has 2 aliphatic rings. The highest BCUT2D eigenvalue weighted by atomic mass is 32.1. The quantitative estimate of drug-likeness (QED) is 0.583. The van der Waals surface area contributed by atoms with Gasteiger partial charge in [0.25, 0.3) is 0 Å². The van der Waals surface area contributed by atoms with Crippen molar-refractivity contribution >= 4 is 17.1 Å². The molecule has 0 saturated heterocycles. The number of hydrogen-bond donors (Lipinski definition) is 1. The zero-order chi connectivity index (χ0) is 8.55. The van der Waals surface area contributed by atoms with E-state index in [9.17, 15) is 5.11 Å². The summed E-state index contributed by atoms with van der Waals surface area (Å²) in [6.45, 7) is 0. The van der Waals surface area contributed by atoms with Crippen LogP contribution in [-0.4, -0.2) is 16.1 Å². The van der Waals surface area contributed by atoms with E-state index in [1.54, 1.807) is 0 Å². The Morgan fingerprint density at radius 1 is 1.17 bits per heavy atom. The molecule has 2 aliphatic carbocycles. The molecule has 12 heavy (non-hydrogen) atoms. The summed E-state index contributed by atoms with van der Waals surface area (Å²) in [6.07, 6.45) is 7.15. The predicted molar refractivity (Wildman–Crippen MR) is 53.3 cm³/mol. The number of hydrogen-bond acceptors (Lipinski definition) is 2. The van der Waals surface area contributed by atoms with E-state index in [2.05, 4.69) is 0 Å². The van der Waals surface area contributed by atoms with Crippen LogP contribution in [0.15, 0.2) is 0 Å². The maximum Gasteiger partial charge on any atom is 0.0882 e. The predicted octanol–water partition coefficient (Wildman–Crippen LogP) is 2.32. The zero-order valence-corrected chi connectivity index (χ0v) is 8.15. The Balaban J connectivity index is 2.08. The normalized spacial score (nSPS) is 42.4. The summed E-state index contributed by atoms with van der Waals surface area (Å²) < 4.78 is 0. The molecule has 2 fully saturated rings. The van der Waals surface area contributed by atoms with Crippen molar-refractivity contribution in [3.63, 3.8) is 0 Å².